The third-order valence-electron chi connectivity index (χ3n) is 8.03. The van der Waals surface area contributed by atoms with E-state index in [1.807, 2.05) is 51.1 Å². The first-order valence-electron chi connectivity index (χ1n) is 16.1. The zero-order chi connectivity index (χ0) is 35.3. The van der Waals surface area contributed by atoms with Gasteiger partial charge in [-0.15, -0.1) is 0 Å². The lowest BCUT2D eigenvalue weighted by atomic mass is 9.98. The van der Waals surface area contributed by atoms with Crippen LogP contribution in [0, 0.1) is 25.2 Å². The molecule has 1 aliphatic rings. The van der Waals surface area contributed by atoms with E-state index in [0.29, 0.717) is 44.9 Å². The van der Waals surface area contributed by atoms with Crippen molar-refractivity contribution in [3.8, 4) is 6.07 Å². The van der Waals surface area contributed by atoms with Crippen LogP contribution in [0.1, 0.15) is 67.4 Å². The molecule has 1 saturated heterocycles. The van der Waals surface area contributed by atoms with Crippen molar-refractivity contribution >= 4 is 23.6 Å². The third kappa shape index (κ3) is 11.6. The summed E-state index contributed by atoms with van der Waals surface area (Å²) in [6.45, 7) is 11.9. The van der Waals surface area contributed by atoms with E-state index < -0.39 is 47.4 Å². The van der Waals surface area contributed by atoms with Crippen LogP contribution in [0.15, 0.2) is 46.5 Å². The molecule has 4 amide bonds. The molecule has 0 aliphatic carbocycles. The fourth-order valence-electron chi connectivity index (χ4n) is 5.15. The highest BCUT2D eigenvalue weighted by Gasteiger charge is 2.31. The number of nitrogens with one attached hydrogen (secondary N) is 4. The number of benzene rings is 1. The summed E-state index contributed by atoms with van der Waals surface area (Å²) in [5.74, 6) is -2.01. The highest BCUT2D eigenvalue weighted by molar-refractivity contribution is 5.98. The maximum Gasteiger partial charge on any atom is 0.274 e. The maximum atomic E-state index is 13.3. The van der Waals surface area contributed by atoms with Gasteiger partial charge in [-0.05, 0) is 65.5 Å². The number of aliphatic hydroxyl groups is 1. The summed E-state index contributed by atoms with van der Waals surface area (Å²) in [5.41, 5.74) is 1.39. The van der Waals surface area contributed by atoms with Gasteiger partial charge < -0.3 is 35.6 Å². The summed E-state index contributed by atoms with van der Waals surface area (Å²) in [7, 11) is 0. The van der Waals surface area contributed by atoms with Gasteiger partial charge in [0.05, 0.1) is 19.3 Å². The minimum absolute atomic E-state index is 0.0131. The van der Waals surface area contributed by atoms with Crippen molar-refractivity contribution in [2.45, 2.75) is 84.2 Å². The molecule has 0 spiro atoms. The summed E-state index contributed by atoms with van der Waals surface area (Å²) < 4.78 is 10.3. The lowest BCUT2D eigenvalue weighted by Crippen LogP contribution is -2.57. The first kappa shape index (κ1) is 37.9. The SMILES string of the molecule is Cc1ccc(CNC(=O)C(CCCCNC(=O)C(C#N)=CC(C)(C)N2CCOCC2)NC(=O)C(NC(=O)c2cc(C)on2)C(C)O)cc1. The van der Waals surface area contributed by atoms with Gasteiger partial charge in [0.2, 0.25) is 11.8 Å². The average molecular weight is 666 g/mol. The standard InChI is InChI=1S/C34H47N7O7/c1-22-9-11-25(12-10-22)21-37-31(44)27(38-33(46)29(24(3)42)39-32(45)28-18-23(2)48-40-28)8-6-7-13-36-30(43)26(20-35)19-34(4,5)41-14-16-47-17-15-41/h9-12,18-19,24,27,29,42H,6-8,13-17,21H2,1-5H3,(H,36,43)(H,37,44)(H,38,46)(H,39,45). The second-order valence-corrected chi connectivity index (χ2v) is 12.5. The van der Waals surface area contributed by atoms with E-state index in [-0.39, 0.29) is 30.8 Å². The summed E-state index contributed by atoms with van der Waals surface area (Å²) >= 11 is 0. The first-order chi connectivity index (χ1) is 22.8. The molecule has 2 heterocycles. The Labute approximate surface area is 281 Å². The lowest BCUT2D eigenvalue weighted by Gasteiger charge is -2.39. The number of carbonyl (C=O) groups excluding carboxylic acids is 4. The molecule has 2 aromatic rings. The molecule has 260 valence electrons. The van der Waals surface area contributed by atoms with Gasteiger partial charge in [0.15, 0.2) is 5.69 Å². The third-order valence-corrected chi connectivity index (χ3v) is 8.03. The van der Waals surface area contributed by atoms with Crippen molar-refractivity contribution in [2.75, 3.05) is 32.8 Å². The Bertz CT molecular complexity index is 1470. The second-order valence-electron chi connectivity index (χ2n) is 12.5. The van der Waals surface area contributed by atoms with Crippen molar-refractivity contribution in [2.24, 2.45) is 0 Å². The molecular weight excluding hydrogens is 618 g/mol. The summed E-state index contributed by atoms with van der Waals surface area (Å²) in [5, 5.41) is 34.4. The number of morpholine rings is 1. The van der Waals surface area contributed by atoms with Gasteiger partial charge in [-0.1, -0.05) is 35.0 Å². The molecule has 14 nitrogen and oxygen atoms in total. The van der Waals surface area contributed by atoms with Crippen LogP contribution in [0.3, 0.4) is 0 Å². The topological polar surface area (TPSA) is 199 Å². The number of amides is 4. The van der Waals surface area contributed by atoms with Gasteiger partial charge >= 0.3 is 0 Å². The van der Waals surface area contributed by atoms with E-state index in [2.05, 4.69) is 31.3 Å². The number of carbonyl (C=O) groups is 4. The smallest absolute Gasteiger partial charge is 0.274 e. The van der Waals surface area contributed by atoms with Gasteiger partial charge in [-0.3, -0.25) is 24.1 Å². The van der Waals surface area contributed by atoms with Gasteiger partial charge in [-0.25, -0.2) is 0 Å². The zero-order valence-electron chi connectivity index (χ0n) is 28.3. The molecule has 1 aromatic carbocycles. The Hall–Kier alpha value is -4.58. The first-order valence-corrected chi connectivity index (χ1v) is 16.1. The van der Waals surface area contributed by atoms with Crippen LogP contribution in [-0.4, -0.2) is 95.4 Å². The Balaban J connectivity index is 1.61. The van der Waals surface area contributed by atoms with Crippen LogP contribution < -0.4 is 21.3 Å². The average Bonchev–Trinajstić information content (AvgIpc) is 3.51. The van der Waals surface area contributed by atoms with E-state index in [1.54, 1.807) is 13.0 Å². The molecule has 1 aromatic heterocycles. The van der Waals surface area contributed by atoms with Crippen molar-refractivity contribution in [1.29, 1.82) is 5.26 Å². The quantitative estimate of drug-likeness (QED) is 0.0993. The fraction of sp³-hybridized carbons (Fsp3) is 0.529. The maximum absolute atomic E-state index is 13.3. The number of nitriles is 1. The predicted molar refractivity (Wildman–Crippen MR) is 176 cm³/mol. The van der Waals surface area contributed by atoms with E-state index in [1.165, 1.54) is 13.0 Å². The van der Waals surface area contributed by atoms with Crippen LogP contribution in [0.2, 0.25) is 0 Å². The zero-order valence-corrected chi connectivity index (χ0v) is 28.3. The van der Waals surface area contributed by atoms with Crippen LogP contribution >= 0.6 is 0 Å². The molecular formula is C34H47N7O7. The number of aryl methyl sites for hydroxylation is 2. The molecule has 3 unspecified atom stereocenters. The van der Waals surface area contributed by atoms with Gasteiger partial charge in [0, 0.05) is 37.8 Å². The molecule has 1 aliphatic heterocycles. The summed E-state index contributed by atoms with van der Waals surface area (Å²) in [4.78, 5) is 54.2. The number of hydrogen-bond donors (Lipinski definition) is 5. The van der Waals surface area contributed by atoms with Crippen LogP contribution in [0.25, 0.3) is 0 Å². The normalized spacial score (nSPS) is 15.8. The van der Waals surface area contributed by atoms with Crippen LogP contribution in [-0.2, 0) is 25.7 Å². The minimum atomic E-state index is -1.38. The van der Waals surface area contributed by atoms with Gasteiger partial charge in [0.1, 0.15) is 29.5 Å². The highest BCUT2D eigenvalue weighted by Crippen LogP contribution is 2.20. The molecule has 48 heavy (non-hydrogen) atoms. The van der Waals surface area contributed by atoms with Crippen LogP contribution in [0.5, 0.6) is 0 Å². The van der Waals surface area contributed by atoms with Crippen LogP contribution in [0.4, 0.5) is 0 Å². The van der Waals surface area contributed by atoms with Crippen molar-refractivity contribution in [1.82, 2.24) is 31.3 Å². The Morgan fingerprint density at radius 2 is 1.75 bits per heavy atom. The molecule has 0 bridgehead atoms. The van der Waals surface area contributed by atoms with Gasteiger partial charge in [0.25, 0.3) is 11.8 Å². The molecule has 3 atom stereocenters. The van der Waals surface area contributed by atoms with Crippen molar-refractivity contribution < 1.29 is 33.5 Å². The van der Waals surface area contributed by atoms with E-state index in [0.717, 1.165) is 11.1 Å². The van der Waals surface area contributed by atoms with Crippen molar-refractivity contribution in [3.63, 3.8) is 0 Å². The fourth-order valence-corrected chi connectivity index (χ4v) is 5.15. The lowest BCUT2D eigenvalue weighted by molar-refractivity contribution is -0.131. The number of ether oxygens (including phenoxy) is 1. The van der Waals surface area contributed by atoms with Gasteiger partial charge in [-0.2, -0.15) is 5.26 Å². The summed E-state index contributed by atoms with van der Waals surface area (Å²) in [6, 6.07) is 8.65. The highest BCUT2D eigenvalue weighted by atomic mass is 16.5. The molecule has 5 N–H and O–H groups in total. The molecule has 0 radical (unpaired) electrons. The minimum Gasteiger partial charge on any atom is -0.391 e. The van der Waals surface area contributed by atoms with E-state index >= 15 is 0 Å². The molecule has 1 fully saturated rings. The Morgan fingerprint density at radius 3 is 2.35 bits per heavy atom. The number of aliphatic hydroxyl groups excluding tert-OH is 1. The number of aromatic nitrogens is 1. The van der Waals surface area contributed by atoms with Crippen molar-refractivity contribution in [3.05, 3.63) is 64.6 Å². The summed E-state index contributed by atoms with van der Waals surface area (Å²) in [6.07, 6.45) is 1.47. The number of nitrogens with zero attached hydrogens (tertiary/aromatic N) is 3. The number of rotatable bonds is 16. The predicted octanol–water partition coefficient (Wildman–Crippen LogP) is 1.42. The number of hydrogen-bond acceptors (Lipinski definition) is 10. The largest absolute Gasteiger partial charge is 0.391 e. The Kier molecular flexibility index (Phi) is 14.3. The number of unbranched alkanes of at least 4 members (excludes halogenated alkanes) is 1. The van der Waals surface area contributed by atoms with E-state index in [9.17, 15) is 29.5 Å². The molecule has 0 saturated carbocycles. The molecule has 14 heteroatoms. The Morgan fingerprint density at radius 1 is 1.06 bits per heavy atom. The monoisotopic (exact) mass is 665 g/mol. The van der Waals surface area contributed by atoms with E-state index in [4.69, 9.17) is 9.26 Å². The second kappa shape index (κ2) is 18.1. The molecule has 3 rings (SSSR count).